The van der Waals surface area contributed by atoms with E-state index in [0.29, 0.717) is 12.3 Å². The third kappa shape index (κ3) is 6.34. The molecule has 0 spiro atoms. The summed E-state index contributed by atoms with van der Waals surface area (Å²) >= 11 is 0. The Balaban J connectivity index is 2.34. The SMILES string of the molecule is CC(C)(C)OC(=O)OC(=O)[C@@H](N)CC1CCC(N)CC1. The topological polar surface area (TPSA) is 105 Å². The molecule has 0 aromatic heterocycles. The molecule has 20 heavy (non-hydrogen) atoms. The summed E-state index contributed by atoms with van der Waals surface area (Å²) in [7, 11) is 0. The fourth-order valence-electron chi connectivity index (χ4n) is 2.31. The fourth-order valence-corrected chi connectivity index (χ4v) is 2.31. The van der Waals surface area contributed by atoms with Crippen molar-refractivity contribution in [2.24, 2.45) is 17.4 Å². The molecule has 1 saturated carbocycles. The van der Waals surface area contributed by atoms with Crippen molar-refractivity contribution in [1.29, 1.82) is 0 Å². The van der Waals surface area contributed by atoms with E-state index in [-0.39, 0.29) is 6.04 Å². The van der Waals surface area contributed by atoms with Crippen LogP contribution >= 0.6 is 0 Å². The van der Waals surface area contributed by atoms with Gasteiger partial charge in [-0.25, -0.2) is 9.59 Å². The van der Waals surface area contributed by atoms with E-state index in [0.717, 1.165) is 25.7 Å². The Morgan fingerprint density at radius 1 is 1.20 bits per heavy atom. The minimum atomic E-state index is -0.997. The Bertz CT molecular complexity index is 344. The second-order valence-electron chi connectivity index (χ2n) is 6.51. The Kier molecular flexibility index (Phi) is 5.95. The number of nitrogens with two attached hydrogens (primary N) is 2. The maximum absolute atomic E-state index is 11.7. The molecule has 1 fully saturated rings. The van der Waals surface area contributed by atoms with Crippen molar-refractivity contribution in [3.8, 4) is 0 Å². The number of ether oxygens (including phenoxy) is 2. The van der Waals surface area contributed by atoms with Gasteiger partial charge in [-0.3, -0.25) is 0 Å². The molecule has 0 aromatic rings. The van der Waals surface area contributed by atoms with Crippen LogP contribution in [0.5, 0.6) is 0 Å². The number of rotatable bonds is 3. The zero-order valence-electron chi connectivity index (χ0n) is 12.6. The Labute approximate surface area is 120 Å². The van der Waals surface area contributed by atoms with Gasteiger partial charge < -0.3 is 20.9 Å². The van der Waals surface area contributed by atoms with E-state index in [9.17, 15) is 9.59 Å². The van der Waals surface area contributed by atoms with E-state index in [1.165, 1.54) is 0 Å². The van der Waals surface area contributed by atoms with E-state index in [1.54, 1.807) is 20.8 Å². The van der Waals surface area contributed by atoms with E-state index in [2.05, 4.69) is 4.74 Å². The van der Waals surface area contributed by atoms with Crippen molar-refractivity contribution in [2.45, 2.75) is 70.6 Å². The molecule has 0 saturated heterocycles. The van der Waals surface area contributed by atoms with Gasteiger partial charge in [0.05, 0.1) is 0 Å². The van der Waals surface area contributed by atoms with Crippen LogP contribution in [-0.2, 0) is 14.3 Å². The van der Waals surface area contributed by atoms with Gasteiger partial charge in [-0.05, 0) is 58.8 Å². The van der Waals surface area contributed by atoms with Crippen LogP contribution in [0.15, 0.2) is 0 Å². The largest absolute Gasteiger partial charge is 0.516 e. The highest BCUT2D eigenvalue weighted by atomic mass is 16.7. The summed E-state index contributed by atoms with van der Waals surface area (Å²) in [5.41, 5.74) is 10.9. The number of esters is 1. The monoisotopic (exact) mass is 286 g/mol. The van der Waals surface area contributed by atoms with Gasteiger partial charge >= 0.3 is 12.1 Å². The fraction of sp³-hybridized carbons (Fsp3) is 0.857. The zero-order chi connectivity index (χ0) is 15.3. The third-order valence-electron chi connectivity index (χ3n) is 3.35. The van der Waals surface area contributed by atoms with Gasteiger partial charge in [-0.15, -0.1) is 0 Å². The molecule has 0 amide bonds. The van der Waals surface area contributed by atoms with Crippen molar-refractivity contribution in [2.75, 3.05) is 0 Å². The molecule has 0 aliphatic heterocycles. The van der Waals surface area contributed by atoms with Crippen LogP contribution in [-0.4, -0.2) is 29.8 Å². The molecule has 0 heterocycles. The van der Waals surface area contributed by atoms with Gasteiger partial charge in [-0.1, -0.05) is 0 Å². The van der Waals surface area contributed by atoms with Gasteiger partial charge in [0.2, 0.25) is 0 Å². The molecule has 4 N–H and O–H groups in total. The van der Waals surface area contributed by atoms with Crippen LogP contribution in [0.2, 0.25) is 0 Å². The smallest absolute Gasteiger partial charge is 0.428 e. The summed E-state index contributed by atoms with van der Waals surface area (Å²) in [6.07, 6.45) is 3.37. The minimum Gasteiger partial charge on any atom is -0.428 e. The molecule has 1 atom stereocenters. The number of hydrogen-bond donors (Lipinski definition) is 2. The lowest BCUT2D eigenvalue weighted by molar-refractivity contribution is -0.143. The molecule has 1 rings (SSSR count). The molecule has 0 aromatic carbocycles. The van der Waals surface area contributed by atoms with Crippen LogP contribution in [0.3, 0.4) is 0 Å². The summed E-state index contributed by atoms with van der Waals surface area (Å²) < 4.78 is 9.51. The maximum atomic E-state index is 11.7. The third-order valence-corrected chi connectivity index (χ3v) is 3.35. The lowest BCUT2D eigenvalue weighted by Crippen LogP contribution is -2.38. The highest BCUT2D eigenvalue weighted by Gasteiger charge is 2.27. The Hall–Kier alpha value is -1.14. The van der Waals surface area contributed by atoms with Crippen LogP contribution in [0.1, 0.15) is 52.9 Å². The van der Waals surface area contributed by atoms with E-state index in [4.69, 9.17) is 16.2 Å². The summed E-state index contributed by atoms with van der Waals surface area (Å²) in [4.78, 5) is 23.1. The number of carbonyl (C=O) groups excluding carboxylic acids is 2. The molecule has 6 nitrogen and oxygen atoms in total. The van der Waals surface area contributed by atoms with Gasteiger partial charge in [0.25, 0.3) is 0 Å². The first-order valence-corrected chi connectivity index (χ1v) is 7.13. The first kappa shape index (κ1) is 16.9. The molecule has 116 valence electrons. The quantitative estimate of drug-likeness (QED) is 0.604. The van der Waals surface area contributed by atoms with Crippen LogP contribution < -0.4 is 11.5 Å². The predicted octanol–water partition coefficient (Wildman–Crippen LogP) is 1.70. The van der Waals surface area contributed by atoms with Crippen molar-refractivity contribution in [3.05, 3.63) is 0 Å². The summed E-state index contributed by atoms with van der Waals surface area (Å²) in [6.45, 7) is 5.10. The molecule has 0 radical (unpaired) electrons. The molecule has 1 aliphatic rings. The number of hydrogen-bond acceptors (Lipinski definition) is 6. The lowest BCUT2D eigenvalue weighted by Gasteiger charge is -2.27. The van der Waals surface area contributed by atoms with Crippen molar-refractivity contribution in [1.82, 2.24) is 0 Å². The molecular formula is C14H26N2O4. The van der Waals surface area contributed by atoms with Crippen LogP contribution in [0, 0.1) is 5.92 Å². The zero-order valence-corrected chi connectivity index (χ0v) is 12.6. The normalized spacial score (nSPS) is 24.9. The molecule has 1 aliphatic carbocycles. The van der Waals surface area contributed by atoms with Gasteiger partial charge in [0.1, 0.15) is 11.6 Å². The summed E-state index contributed by atoms with van der Waals surface area (Å²) in [5, 5.41) is 0. The lowest BCUT2D eigenvalue weighted by atomic mass is 9.83. The number of carbonyl (C=O) groups is 2. The van der Waals surface area contributed by atoms with Crippen LogP contribution in [0.4, 0.5) is 4.79 Å². The Morgan fingerprint density at radius 2 is 1.75 bits per heavy atom. The highest BCUT2D eigenvalue weighted by Crippen LogP contribution is 2.26. The summed E-state index contributed by atoms with van der Waals surface area (Å²) in [5.74, 6) is -0.356. The van der Waals surface area contributed by atoms with Crippen molar-refractivity contribution in [3.63, 3.8) is 0 Å². The van der Waals surface area contributed by atoms with E-state index >= 15 is 0 Å². The first-order chi connectivity index (χ1) is 9.17. The predicted molar refractivity (Wildman–Crippen MR) is 74.9 cm³/mol. The van der Waals surface area contributed by atoms with Crippen molar-refractivity contribution < 1.29 is 19.1 Å². The first-order valence-electron chi connectivity index (χ1n) is 7.13. The Morgan fingerprint density at radius 3 is 2.25 bits per heavy atom. The van der Waals surface area contributed by atoms with Crippen LogP contribution in [0.25, 0.3) is 0 Å². The van der Waals surface area contributed by atoms with Gasteiger partial charge in [-0.2, -0.15) is 0 Å². The second kappa shape index (κ2) is 7.04. The van der Waals surface area contributed by atoms with Gasteiger partial charge in [0, 0.05) is 6.04 Å². The highest BCUT2D eigenvalue weighted by molar-refractivity contribution is 5.85. The summed E-state index contributed by atoms with van der Waals surface area (Å²) in [6, 6.07) is -0.530. The molecule has 6 heteroatoms. The molecule has 0 bridgehead atoms. The van der Waals surface area contributed by atoms with E-state index < -0.39 is 23.8 Å². The second-order valence-corrected chi connectivity index (χ2v) is 6.51. The average Bonchev–Trinajstić information content (AvgIpc) is 2.29. The maximum Gasteiger partial charge on any atom is 0.516 e. The van der Waals surface area contributed by atoms with Gasteiger partial charge in [0.15, 0.2) is 0 Å². The standard InChI is InChI=1S/C14H26N2O4/c1-14(2,3)20-13(18)19-12(17)11(16)8-9-4-6-10(15)7-5-9/h9-11H,4-8,15-16H2,1-3H3/t9?,10?,11-/m0/s1. The van der Waals surface area contributed by atoms with Crippen molar-refractivity contribution >= 4 is 12.1 Å². The minimum absolute atomic E-state index is 0.260. The average molecular weight is 286 g/mol. The van der Waals surface area contributed by atoms with E-state index in [1.807, 2.05) is 0 Å². The molecule has 0 unspecified atom stereocenters. The molecular weight excluding hydrogens is 260 g/mol.